The van der Waals surface area contributed by atoms with Crippen LogP contribution in [0.5, 0.6) is 0 Å². The Kier molecular flexibility index (Phi) is 3.36. The molecule has 1 aliphatic rings. The smallest absolute Gasteiger partial charge is 0.258 e. The second-order valence-electron chi connectivity index (χ2n) is 5.65. The fraction of sp³-hybridized carbons (Fsp3) is 0.0556. The number of thiazole rings is 1. The lowest BCUT2D eigenvalue weighted by Gasteiger charge is -2.18. The van der Waals surface area contributed by atoms with E-state index in [0.717, 1.165) is 32.6 Å². The molecule has 2 aromatic carbocycles. The normalized spacial score (nSPS) is 13.0. The van der Waals surface area contributed by atoms with E-state index >= 15 is 0 Å². The maximum atomic E-state index is 12.1. The van der Waals surface area contributed by atoms with Crippen LogP contribution in [-0.2, 0) is 5.75 Å². The van der Waals surface area contributed by atoms with E-state index in [9.17, 15) is 4.79 Å². The zero-order valence-corrected chi connectivity index (χ0v) is 14.6. The largest absolute Gasteiger partial charge is 0.334 e. The van der Waals surface area contributed by atoms with Crippen molar-refractivity contribution in [3.8, 4) is 0 Å². The van der Waals surface area contributed by atoms with Crippen molar-refractivity contribution in [3.05, 3.63) is 70.1 Å². The Labute approximate surface area is 151 Å². The van der Waals surface area contributed by atoms with E-state index in [2.05, 4.69) is 28.5 Å². The Morgan fingerprint density at radius 1 is 1.20 bits per heavy atom. The van der Waals surface area contributed by atoms with Gasteiger partial charge in [-0.1, -0.05) is 36.0 Å². The van der Waals surface area contributed by atoms with Crippen LogP contribution < -0.4 is 10.9 Å². The molecule has 0 radical (unpaired) electrons. The molecule has 0 saturated heterocycles. The van der Waals surface area contributed by atoms with E-state index < -0.39 is 0 Å². The predicted molar refractivity (Wildman–Crippen MR) is 105 cm³/mol. The summed E-state index contributed by atoms with van der Waals surface area (Å²) in [7, 11) is 0. The molecule has 0 bridgehead atoms. The van der Waals surface area contributed by atoms with Crippen LogP contribution in [-0.4, -0.2) is 14.6 Å². The van der Waals surface area contributed by atoms with Crippen molar-refractivity contribution < 1.29 is 0 Å². The number of benzene rings is 2. The molecule has 5 nitrogen and oxygen atoms in total. The summed E-state index contributed by atoms with van der Waals surface area (Å²) in [5, 5.41) is 8.39. The number of nitrogens with one attached hydrogen (secondary N) is 1. The molecule has 5 rings (SSSR count). The molecule has 122 valence electrons. The van der Waals surface area contributed by atoms with Gasteiger partial charge in [-0.05, 0) is 17.5 Å². The molecule has 3 heterocycles. The molecule has 0 aliphatic carbocycles. The third-order valence-electron chi connectivity index (χ3n) is 4.06. The lowest BCUT2D eigenvalue weighted by atomic mass is 10.1. The molecule has 7 heteroatoms. The van der Waals surface area contributed by atoms with E-state index in [1.807, 2.05) is 23.6 Å². The highest BCUT2D eigenvalue weighted by molar-refractivity contribution is 8.13. The number of rotatable bonds is 2. The fourth-order valence-electron chi connectivity index (χ4n) is 2.94. The summed E-state index contributed by atoms with van der Waals surface area (Å²) in [6.45, 7) is 0. The first-order chi connectivity index (χ1) is 12.3. The number of hydrogen-bond acceptors (Lipinski definition) is 6. The molecule has 4 aromatic rings. The number of hydrogen-bond donors (Lipinski definition) is 1. The quantitative estimate of drug-likeness (QED) is 0.577. The van der Waals surface area contributed by atoms with Gasteiger partial charge in [0, 0.05) is 28.8 Å². The Morgan fingerprint density at radius 2 is 2.08 bits per heavy atom. The van der Waals surface area contributed by atoms with Gasteiger partial charge in [-0.2, -0.15) is 0 Å². The Balaban J connectivity index is 1.45. The molecular weight excluding hydrogens is 352 g/mol. The summed E-state index contributed by atoms with van der Waals surface area (Å²) >= 11 is 3.01. The maximum Gasteiger partial charge on any atom is 0.258 e. The minimum absolute atomic E-state index is 0.0458. The van der Waals surface area contributed by atoms with E-state index in [1.54, 1.807) is 28.4 Å². The average molecular weight is 364 g/mol. The number of aromatic nitrogens is 2. The van der Waals surface area contributed by atoms with Gasteiger partial charge in [0.15, 0.2) is 10.1 Å². The van der Waals surface area contributed by atoms with Crippen molar-refractivity contribution >= 4 is 55.4 Å². The highest BCUT2D eigenvalue weighted by atomic mass is 32.2. The second kappa shape index (κ2) is 5.72. The van der Waals surface area contributed by atoms with Gasteiger partial charge in [-0.15, -0.1) is 11.3 Å². The Hall–Kier alpha value is -2.64. The number of aliphatic imine (C=N–C) groups is 1. The first-order valence-corrected chi connectivity index (χ1v) is 9.60. The van der Waals surface area contributed by atoms with E-state index in [4.69, 9.17) is 4.99 Å². The lowest BCUT2D eigenvalue weighted by molar-refractivity contribution is 1.04. The van der Waals surface area contributed by atoms with Gasteiger partial charge >= 0.3 is 0 Å². The fourth-order valence-corrected chi connectivity index (χ4v) is 4.46. The predicted octanol–water partition coefficient (Wildman–Crippen LogP) is 4.26. The number of nitrogens with zero attached hydrogens (tertiary/aromatic N) is 3. The van der Waals surface area contributed by atoms with Crippen molar-refractivity contribution in [3.63, 3.8) is 0 Å². The molecule has 0 atom stereocenters. The standard InChI is InChI=1S/C18H12N4OS2/c23-15-9-12(19-18-22(15)7-8-24-18)10-25-17-20-13-5-1-3-11-4-2-6-14(21-17)16(11)13/h1-9H,10H2,(H,20,21). The SMILES string of the molecule is O=c1cc(CSC2=Nc3cccc4cccc(c34)N2)nc2sccn12. The van der Waals surface area contributed by atoms with Crippen molar-refractivity contribution in [2.45, 2.75) is 5.75 Å². The monoisotopic (exact) mass is 364 g/mol. The average Bonchev–Trinajstić information content (AvgIpc) is 3.10. The molecule has 0 unspecified atom stereocenters. The summed E-state index contributed by atoms with van der Waals surface area (Å²) in [5.41, 5.74) is 2.75. The van der Waals surface area contributed by atoms with Crippen LogP contribution in [0.25, 0.3) is 15.7 Å². The Morgan fingerprint density at radius 3 is 3.00 bits per heavy atom. The number of thioether (sulfide) groups is 1. The molecule has 0 fully saturated rings. The minimum atomic E-state index is -0.0458. The molecule has 1 N–H and O–H groups in total. The van der Waals surface area contributed by atoms with Crippen LogP contribution in [0.1, 0.15) is 5.69 Å². The number of anilines is 1. The summed E-state index contributed by atoms with van der Waals surface area (Å²) in [6, 6.07) is 13.9. The zero-order valence-electron chi connectivity index (χ0n) is 13.0. The van der Waals surface area contributed by atoms with Gasteiger partial charge in [0.2, 0.25) is 0 Å². The minimum Gasteiger partial charge on any atom is -0.334 e. The molecule has 2 aromatic heterocycles. The molecule has 25 heavy (non-hydrogen) atoms. The molecule has 1 aliphatic heterocycles. The van der Waals surface area contributed by atoms with Crippen molar-refractivity contribution in [2.24, 2.45) is 4.99 Å². The van der Waals surface area contributed by atoms with Gasteiger partial charge in [0.1, 0.15) is 0 Å². The number of fused-ring (bicyclic) bond motifs is 1. The van der Waals surface area contributed by atoms with Crippen molar-refractivity contribution in [1.82, 2.24) is 9.38 Å². The summed E-state index contributed by atoms with van der Waals surface area (Å²) in [6.07, 6.45) is 1.75. The summed E-state index contributed by atoms with van der Waals surface area (Å²) < 4.78 is 1.56. The number of amidine groups is 1. The van der Waals surface area contributed by atoms with Gasteiger partial charge in [0.25, 0.3) is 5.56 Å². The van der Waals surface area contributed by atoms with Crippen molar-refractivity contribution in [2.75, 3.05) is 5.32 Å². The van der Waals surface area contributed by atoms with E-state index in [0.29, 0.717) is 5.75 Å². The molecule has 0 spiro atoms. The van der Waals surface area contributed by atoms with Gasteiger partial charge < -0.3 is 5.32 Å². The van der Waals surface area contributed by atoms with Gasteiger partial charge in [0.05, 0.1) is 17.1 Å². The van der Waals surface area contributed by atoms with Crippen LogP contribution in [0.4, 0.5) is 11.4 Å². The van der Waals surface area contributed by atoms with Crippen LogP contribution in [0, 0.1) is 0 Å². The van der Waals surface area contributed by atoms with Crippen LogP contribution in [0.15, 0.2) is 63.8 Å². The van der Waals surface area contributed by atoms with E-state index in [1.165, 1.54) is 16.7 Å². The molecule has 0 saturated carbocycles. The van der Waals surface area contributed by atoms with Crippen molar-refractivity contribution in [1.29, 1.82) is 0 Å². The lowest BCUT2D eigenvalue weighted by Crippen LogP contribution is -2.14. The topological polar surface area (TPSA) is 58.8 Å². The van der Waals surface area contributed by atoms with Crippen LogP contribution in [0.3, 0.4) is 0 Å². The highest BCUT2D eigenvalue weighted by Gasteiger charge is 2.15. The second-order valence-corrected chi connectivity index (χ2v) is 7.49. The van der Waals surface area contributed by atoms with Gasteiger partial charge in [-0.3, -0.25) is 9.20 Å². The van der Waals surface area contributed by atoms with E-state index in [-0.39, 0.29) is 5.56 Å². The summed E-state index contributed by atoms with van der Waals surface area (Å²) in [5.74, 6) is 0.591. The first-order valence-electron chi connectivity index (χ1n) is 7.74. The highest BCUT2D eigenvalue weighted by Crippen LogP contribution is 2.37. The molecule has 0 amide bonds. The first kappa shape index (κ1) is 14.7. The Bertz CT molecular complexity index is 1200. The zero-order chi connectivity index (χ0) is 16.8. The third-order valence-corrected chi connectivity index (χ3v) is 5.72. The summed E-state index contributed by atoms with van der Waals surface area (Å²) in [4.78, 5) is 22.1. The van der Waals surface area contributed by atoms with Crippen LogP contribution >= 0.6 is 23.1 Å². The molecular formula is C18H12N4OS2. The maximum absolute atomic E-state index is 12.1. The van der Waals surface area contributed by atoms with Gasteiger partial charge in [-0.25, -0.2) is 9.98 Å². The third kappa shape index (κ3) is 2.52. The van der Waals surface area contributed by atoms with Crippen LogP contribution in [0.2, 0.25) is 0 Å².